The van der Waals surface area contributed by atoms with Gasteiger partial charge < -0.3 is 9.64 Å². The van der Waals surface area contributed by atoms with Crippen LogP contribution in [0.4, 0.5) is 5.69 Å². The number of anilines is 1. The Hall–Kier alpha value is -1.51. The van der Waals surface area contributed by atoms with Gasteiger partial charge in [-0.15, -0.1) is 0 Å². The first-order valence-electron chi connectivity index (χ1n) is 4.95. The summed E-state index contributed by atoms with van der Waals surface area (Å²) >= 11 is 0. The molecule has 0 aliphatic rings. The molecular weight excluding hydrogens is 190 g/mol. The molecule has 3 nitrogen and oxygen atoms in total. The molecule has 0 aromatic heterocycles. The van der Waals surface area contributed by atoms with E-state index in [9.17, 15) is 4.79 Å². The molecule has 0 unspecified atom stereocenters. The summed E-state index contributed by atoms with van der Waals surface area (Å²) in [7, 11) is 1.97. The minimum atomic E-state index is -0.253. The van der Waals surface area contributed by atoms with Gasteiger partial charge in [0.1, 0.15) is 6.61 Å². The Kier molecular flexibility index (Phi) is 4.68. The molecule has 1 aromatic rings. The predicted molar refractivity (Wildman–Crippen MR) is 60.6 cm³/mol. The molecule has 0 aliphatic carbocycles. The van der Waals surface area contributed by atoms with Crippen molar-refractivity contribution in [2.45, 2.75) is 6.42 Å². The van der Waals surface area contributed by atoms with Crippen molar-refractivity contribution < 1.29 is 9.53 Å². The molecule has 1 radical (unpaired) electrons. The van der Waals surface area contributed by atoms with Crippen LogP contribution in [0.15, 0.2) is 30.3 Å². The van der Waals surface area contributed by atoms with Crippen molar-refractivity contribution in [3.63, 3.8) is 0 Å². The molecule has 0 saturated carbocycles. The summed E-state index contributed by atoms with van der Waals surface area (Å²) in [5, 5.41) is 0. The average molecular weight is 206 g/mol. The normalized spacial score (nSPS) is 9.73. The Morgan fingerprint density at radius 3 is 2.67 bits per heavy atom. The van der Waals surface area contributed by atoms with Crippen molar-refractivity contribution >= 4 is 11.7 Å². The molecule has 0 amide bonds. The lowest BCUT2D eigenvalue weighted by atomic mass is 10.3. The summed E-state index contributed by atoms with van der Waals surface area (Å²) in [6, 6.07) is 9.97. The van der Waals surface area contributed by atoms with E-state index in [1.165, 1.54) is 0 Å². The number of para-hydroxylation sites is 1. The number of hydrogen-bond acceptors (Lipinski definition) is 3. The fraction of sp³-hybridized carbons (Fsp3) is 0.333. The summed E-state index contributed by atoms with van der Waals surface area (Å²) < 4.78 is 4.94. The van der Waals surface area contributed by atoms with Crippen LogP contribution < -0.4 is 4.90 Å². The lowest BCUT2D eigenvalue weighted by Gasteiger charge is -2.18. The van der Waals surface area contributed by atoms with E-state index < -0.39 is 0 Å². The number of carbonyl (C=O) groups is 1. The van der Waals surface area contributed by atoms with Gasteiger partial charge >= 0.3 is 5.97 Å². The third kappa shape index (κ3) is 4.02. The smallest absolute Gasteiger partial charge is 0.305 e. The second-order valence-electron chi connectivity index (χ2n) is 3.23. The molecule has 0 spiro atoms. The van der Waals surface area contributed by atoms with Gasteiger partial charge in [0, 0.05) is 19.2 Å². The van der Waals surface area contributed by atoms with Gasteiger partial charge in [-0.25, -0.2) is 0 Å². The summed E-state index contributed by atoms with van der Waals surface area (Å²) in [6.45, 7) is 4.55. The van der Waals surface area contributed by atoms with Crippen molar-refractivity contribution in [1.29, 1.82) is 0 Å². The van der Waals surface area contributed by atoms with Gasteiger partial charge in [-0.1, -0.05) is 18.2 Å². The Labute approximate surface area is 90.7 Å². The molecule has 0 saturated heterocycles. The maximum atomic E-state index is 10.8. The largest absolute Gasteiger partial charge is 0.464 e. The maximum absolute atomic E-state index is 10.8. The zero-order valence-corrected chi connectivity index (χ0v) is 8.98. The lowest BCUT2D eigenvalue weighted by Crippen LogP contribution is -2.23. The highest BCUT2D eigenvalue weighted by Crippen LogP contribution is 2.09. The highest BCUT2D eigenvalue weighted by Gasteiger charge is 2.01. The minimum Gasteiger partial charge on any atom is -0.464 e. The van der Waals surface area contributed by atoms with E-state index >= 15 is 0 Å². The quantitative estimate of drug-likeness (QED) is 0.689. The second kappa shape index (κ2) is 6.06. The minimum absolute atomic E-state index is 0.190. The number of hydrogen-bond donors (Lipinski definition) is 0. The molecule has 0 bridgehead atoms. The summed E-state index contributed by atoms with van der Waals surface area (Å²) in [6.07, 6.45) is 0.190. The molecule has 0 fully saturated rings. The van der Waals surface area contributed by atoms with Gasteiger partial charge in [0.15, 0.2) is 0 Å². The predicted octanol–water partition coefficient (Wildman–Crippen LogP) is 1.89. The van der Waals surface area contributed by atoms with Crippen LogP contribution >= 0.6 is 0 Å². The third-order valence-corrected chi connectivity index (χ3v) is 2.09. The number of carbonyl (C=O) groups excluding carboxylic acids is 1. The lowest BCUT2D eigenvalue weighted by molar-refractivity contribution is -0.142. The Balaban J connectivity index is 2.31. The van der Waals surface area contributed by atoms with E-state index in [2.05, 4.69) is 6.92 Å². The number of benzene rings is 1. The summed E-state index contributed by atoms with van der Waals surface area (Å²) in [4.78, 5) is 12.9. The van der Waals surface area contributed by atoms with E-state index in [4.69, 9.17) is 4.74 Å². The standard InChI is InChI=1S/C12H16NO2/c1-3-12(14)15-10-9-13(2)11-7-5-4-6-8-11/h4-8H,1,3,9-10H2,2H3. The molecule has 0 atom stereocenters. The van der Waals surface area contributed by atoms with E-state index in [1.54, 1.807) is 0 Å². The third-order valence-electron chi connectivity index (χ3n) is 2.09. The second-order valence-corrected chi connectivity index (χ2v) is 3.23. The van der Waals surface area contributed by atoms with Gasteiger partial charge in [-0.3, -0.25) is 4.79 Å². The van der Waals surface area contributed by atoms with E-state index in [-0.39, 0.29) is 12.4 Å². The van der Waals surface area contributed by atoms with Crippen molar-refractivity contribution in [3.05, 3.63) is 37.3 Å². The van der Waals surface area contributed by atoms with Crippen LogP contribution in [0.2, 0.25) is 0 Å². The fourth-order valence-electron chi connectivity index (χ4n) is 1.18. The average Bonchev–Trinajstić information content (AvgIpc) is 2.29. The fourth-order valence-corrected chi connectivity index (χ4v) is 1.18. The molecule has 3 heteroatoms. The number of esters is 1. The summed E-state index contributed by atoms with van der Waals surface area (Å²) in [5.41, 5.74) is 1.11. The van der Waals surface area contributed by atoms with Crippen LogP contribution in [-0.2, 0) is 9.53 Å². The first-order chi connectivity index (χ1) is 7.24. The molecule has 1 rings (SSSR count). The van der Waals surface area contributed by atoms with Crippen LogP contribution in [0.3, 0.4) is 0 Å². The van der Waals surface area contributed by atoms with Gasteiger partial charge in [-0.2, -0.15) is 0 Å². The van der Waals surface area contributed by atoms with Crippen molar-refractivity contribution in [2.24, 2.45) is 0 Å². The number of ether oxygens (including phenoxy) is 1. The topological polar surface area (TPSA) is 29.5 Å². The summed E-state index contributed by atoms with van der Waals surface area (Å²) in [5.74, 6) is -0.253. The number of likely N-dealkylation sites (N-methyl/N-ethyl adjacent to an activating group) is 1. The monoisotopic (exact) mass is 206 g/mol. The number of rotatable bonds is 5. The van der Waals surface area contributed by atoms with Gasteiger partial charge in [0.25, 0.3) is 0 Å². The van der Waals surface area contributed by atoms with Crippen molar-refractivity contribution in [2.75, 3.05) is 25.1 Å². The van der Waals surface area contributed by atoms with Crippen LogP contribution in [0.1, 0.15) is 6.42 Å². The van der Waals surface area contributed by atoms with Gasteiger partial charge in [0.2, 0.25) is 0 Å². The molecule has 15 heavy (non-hydrogen) atoms. The first kappa shape index (κ1) is 11.6. The Morgan fingerprint density at radius 1 is 1.40 bits per heavy atom. The highest BCUT2D eigenvalue weighted by molar-refractivity contribution is 5.69. The highest BCUT2D eigenvalue weighted by atomic mass is 16.5. The van der Waals surface area contributed by atoms with E-state index in [1.807, 2.05) is 42.3 Å². The number of nitrogens with zero attached hydrogens (tertiary/aromatic N) is 1. The Bertz CT molecular complexity index is 298. The van der Waals surface area contributed by atoms with Gasteiger partial charge in [0.05, 0.1) is 6.54 Å². The molecule has 1 aromatic carbocycles. The van der Waals surface area contributed by atoms with Crippen LogP contribution in [0.25, 0.3) is 0 Å². The van der Waals surface area contributed by atoms with E-state index in [0.29, 0.717) is 13.2 Å². The van der Waals surface area contributed by atoms with Crippen LogP contribution in [0, 0.1) is 6.92 Å². The van der Waals surface area contributed by atoms with E-state index in [0.717, 1.165) is 5.69 Å². The van der Waals surface area contributed by atoms with Crippen molar-refractivity contribution in [1.82, 2.24) is 0 Å². The zero-order chi connectivity index (χ0) is 11.1. The van der Waals surface area contributed by atoms with Gasteiger partial charge in [-0.05, 0) is 19.1 Å². The van der Waals surface area contributed by atoms with Crippen LogP contribution in [0.5, 0.6) is 0 Å². The molecular formula is C12H16NO2. The Morgan fingerprint density at radius 2 is 2.07 bits per heavy atom. The molecule has 0 heterocycles. The maximum Gasteiger partial charge on any atom is 0.305 e. The van der Waals surface area contributed by atoms with Crippen molar-refractivity contribution in [3.8, 4) is 0 Å². The zero-order valence-electron chi connectivity index (χ0n) is 8.98. The molecule has 81 valence electrons. The SMILES string of the molecule is [CH2]CC(=O)OCCN(C)c1ccccc1. The molecule has 0 aliphatic heterocycles. The molecule has 0 N–H and O–H groups in total. The first-order valence-corrected chi connectivity index (χ1v) is 4.95. The van der Waals surface area contributed by atoms with Crippen LogP contribution in [-0.4, -0.2) is 26.2 Å².